The first-order chi connectivity index (χ1) is 11.4. The predicted molar refractivity (Wildman–Crippen MR) is 93.3 cm³/mol. The molecule has 0 saturated carbocycles. The molecule has 0 aromatic heterocycles. The third kappa shape index (κ3) is 4.26. The summed E-state index contributed by atoms with van der Waals surface area (Å²) in [7, 11) is 0. The van der Waals surface area contributed by atoms with Crippen LogP contribution in [0.4, 0.5) is 5.69 Å². The predicted octanol–water partition coefficient (Wildman–Crippen LogP) is 3.65. The summed E-state index contributed by atoms with van der Waals surface area (Å²) in [6.07, 6.45) is 2.47. The molecular weight excluding hydrogens is 328 g/mol. The Labute approximate surface area is 144 Å². The number of thioether (sulfide) groups is 1. The van der Waals surface area contributed by atoms with Crippen molar-refractivity contribution < 1.29 is 14.6 Å². The number of hydrogen-bond acceptors (Lipinski definition) is 5. The van der Waals surface area contributed by atoms with E-state index in [1.165, 1.54) is 19.1 Å². The van der Waals surface area contributed by atoms with Crippen LogP contribution >= 0.6 is 11.8 Å². The highest BCUT2D eigenvalue weighted by atomic mass is 32.2. The number of hydroxylamine groups is 1. The molecule has 24 heavy (non-hydrogen) atoms. The Morgan fingerprint density at radius 2 is 1.92 bits per heavy atom. The fourth-order valence-corrected chi connectivity index (χ4v) is 2.72. The van der Waals surface area contributed by atoms with Crippen LogP contribution in [0.1, 0.15) is 23.6 Å². The largest absolute Gasteiger partial charge is 0.379 e. The number of amides is 1. The summed E-state index contributed by atoms with van der Waals surface area (Å²) < 4.78 is 0. The Balaban J connectivity index is 2.40. The number of nitrogens with one attached hydrogen (secondary N) is 1. The number of nitro groups is 1. The second kappa shape index (κ2) is 7.83. The van der Waals surface area contributed by atoms with E-state index in [1.807, 2.05) is 30.5 Å². The molecule has 0 spiro atoms. The minimum absolute atomic E-state index is 0.0286. The number of nitrogens with zero attached hydrogens (tertiary/aromatic N) is 1. The fraction of sp³-hybridized carbons (Fsp3) is 0.235. The van der Waals surface area contributed by atoms with Crippen molar-refractivity contribution in [2.24, 2.45) is 0 Å². The number of hydrogen-bond donors (Lipinski definition) is 1. The molecule has 0 aliphatic rings. The van der Waals surface area contributed by atoms with Crippen LogP contribution in [0.15, 0.2) is 41.3 Å². The summed E-state index contributed by atoms with van der Waals surface area (Å²) in [5.74, 6) is 0.0588. The monoisotopic (exact) mass is 346 g/mol. The van der Waals surface area contributed by atoms with Crippen molar-refractivity contribution in [1.29, 1.82) is 0 Å². The summed E-state index contributed by atoms with van der Waals surface area (Å²) in [6, 6.07) is 10.8. The van der Waals surface area contributed by atoms with Gasteiger partial charge in [0.2, 0.25) is 5.91 Å². The topological polar surface area (TPSA) is 81.5 Å². The van der Waals surface area contributed by atoms with Crippen LogP contribution in [-0.2, 0) is 11.2 Å². The molecule has 0 aliphatic heterocycles. The highest BCUT2D eigenvalue weighted by Crippen LogP contribution is 2.31. The fourth-order valence-electron chi connectivity index (χ4n) is 2.31. The van der Waals surface area contributed by atoms with Gasteiger partial charge in [0.15, 0.2) is 5.75 Å². The van der Waals surface area contributed by atoms with Gasteiger partial charge in [0.25, 0.3) is 5.69 Å². The highest BCUT2D eigenvalue weighted by Gasteiger charge is 2.19. The molecular formula is C17H18N2O4S. The normalized spacial score (nSPS) is 10.3. The third-order valence-corrected chi connectivity index (χ3v) is 4.31. The zero-order valence-corrected chi connectivity index (χ0v) is 14.5. The minimum Gasteiger partial charge on any atom is -0.379 e. The van der Waals surface area contributed by atoms with Gasteiger partial charge in [-0.25, -0.2) is 0 Å². The van der Waals surface area contributed by atoms with E-state index in [0.717, 1.165) is 10.5 Å². The van der Waals surface area contributed by atoms with Gasteiger partial charge >= 0.3 is 0 Å². The number of benzene rings is 2. The SMILES string of the molecule is CSc1ccc(Cc2c(ONC(C)=O)ccc([N+](=O)[O-])c2C)cc1. The first-order valence-corrected chi connectivity index (χ1v) is 8.48. The van der Waals surface area contributed by atoms with E-state index in [-0.39, 0.29) is 11.6 Å². The van der Waals surface area contributed by atoms with Gasteiger partial charge in [0, 0.05) is 35.4 Å². The molecule has 7 heteroatoms. The lowest BCUT2D eigenvalue weighted by atomic mass is 9.98. The van der Waals surface area contributed by atoms with Crippen molar-refractivity contribution in [3.8, 4) is 5.75 Å². The zero-order valence-electron chi connectivity index (χ0n) is 13.7. The Morgan fingerprint density at radius 1 is 1.25 bits per heavy atom. The highest BCUT2D eigenvalue weighted by molar-refractivity contribution is 7.98. The molecule has 2 rings (SSSR count). The standard InChI is InChI=1S/C17H18N2O4S/c1-11-15(10-13-4-6-14(24-3)7-5-13)17(23-18-12(2)20)9-8-16(11)19(21)22/h4-9H,10H2,1-3H3,(H,18,20). The van der Waals surface area contributed by atoms with E-state index < -0.39 is 4.92 Å². The van der Waals surface area contributed by atoms with Crippen LogP contribution < -0.4 is 10.3 Å². The van der Waals surface area contributed by atoms with Crippen LogP contribution in [0.25, 0.3) is 0 Å². The summed E-state index contributed by atoms with van der Waals surface area (Å²) in [5.41, 5.74) is 4.50. The van der Waals surface area contributed by atoms with Crippen molar-refractivity contribution in [3.63, 3.8) is 0 Å². The lowest BCUT2D eigenvalue weighted by molar-refractivity contribution is -0.385. The molecule has 0 heterocycles. The molecule has 0 radical (unpaired) electrons. The molecule has 0 aliphatic carbocycles. The van der Waals surface area contributed by atoms with Gasteiger partial charge in [-0.15, -0.1) is 11.8 Å². The molecule has 0 bridgehead atoms. The maximum absolute atomic E-state index is 11.2. The quantitative estimate of drug-likeness (QED) is 0.490. The van der Waals surface area contributed by atoms with Gasteiger partial charge < -0.3 is 4.84 Å². The Kier molecular flexibility index (Phi) is 5.81. The Morgan fingerprint density at radius 3 is 2.46 bits per heavy atom. The van der Waals surface area contributed by atoms with Gasteiger partial charge in [-0.3, -0.25) is 14.9 Å². The smallest absolute Gasteiger partial charge is 0.272 e. The van der Waals surface area contributed by atoms with E-state index in [9.17, 15) is 14.9 Å². The molecule has 1 amide bonds. The van der Waals surface area contributed by atoms with Crippen LogP contribution in [0, 0.1) is 17.0 Å². The molecule has 0 saturated heterocycles. The molecule has 126 valence electrons. The summed E-state index contributed by atoms with van der Waals surface area (Å²) >= 11 is 1.65. The van der Waals surface area contributed by atoms with Gasteiger partial charge in [0.05, 0.1) is 4.92 Å². The number of carbonyl (C=O) groups is 1. The Hall–Kier alpha value is -2.54. The first kappa shape index (κ1) is 17.8. The minimum atomic E-state index is -0.419. The van der Waals surface area contributed by atoms with E-state index >= 15 is 0 Å². The molecule has 2 aromatic rings. The molecule has 0 atom stereocenters. The number of carbonyl (C=O) groups excluding carboxylic acids is 1. The van der Waals surface area contributed by atoms with Gasteiger partial charge in [0.1, 0.15) is 0 Å². The summed E-state index contributed by atoms with van der Waals surface area (Å²) in [6.45, 7) is 3.02. The summed E-state index contributed by atoms with van der Waals surface area (Å²) in [5, 5.41) is 11.2. The van der Waals surface area contributed by atoms with Crippen LogP contribution in [-0.4, -0.2) is 17.1 Å². The summed E-state index contributed by atoms with van der Waals surface area (Å²) in [4.78, 5) is 28.3. The van der Waals surface area contributed by atoms with E-state index in [0.29, 0.717) is 23.3 Å². The first-order valence-electron chi connectivity index (χ1n) is 7.25. The average Bonchev–Trinajstić information content (AvgIpc) is 2.55. The van der Waals surface area contributed by atoms with E-state index in [4.69, 9.17) is 4.84 Å². The zero-order chi connectivity index (χ0) is 17.7. The molecule has 6 nitrogen and oxygen atoms in total. The van der Waals surface area contributed by atoms with E-state index in [2.05, 4.69) is 5.48 Å². The number of rotatable bonds is 6. The van der Waals surface area contributed by atoms with Gasteiger partial charge in [-0.1, -0.05) is 12.1 Å². The van der Waals surface area contributed by atoms with Gasteiger partial charge in [-0.05, 0) is 36.9 Å². The second-order valence-electron chi connectivity index (χ2n) is 5.23. The molecule has 1 N–H and O–H groups in total. The maximum Gasteiger partial charge on any atom is 0.272 e. The van der Waals surface area contributed by atoms with Crippen molar-refractivity contribution in [2.45, 2.75) is 25.2 Å². The van der Waals surface area contributed by atoms with Gasteiger partial charge in [-0.2, -0.15) is 5.48 Å². The number of nitro benzene ring substituents is 1. The maximum atomic E-state index is 11.2. The Bertz CT molecular complexity index is 760. The van der Waals surface area contributed by atoms with Crippen molar-refractivity contribution in [1.82, 2.24) is 5.48 Å². The third-order valence-electron chi connectivity index (χ3n) is 3.57. The lowest BCUT2D eigenvalue weighted by Crippen LogP contribution is -2.24. The van der Waals surface area contributed by atoms with Crippen LogP contribution in [0.5, 0.6) is 5.75 Å². The van der Waals surface area contributed by atoms with Crippen molar-refractivity contribution in [3.05, 3.63) is 63.2 Å². The van der Waals surface area contributed by atoms with Crippen molar-refractivity contribution >= 4 is 23.4 Å². The van der Waals surface area contributed by atoms with Crippen LogP contribution in [0.3, 0.4) is 0 Å². The average molecular weight is 346 g/mol. The molecule has 2 aromatic carbocycles. The van der Waals surface area contributed by atoms with Crippen LogP contribution in [0.2, 0.25) is 0 Å². The lowest BCUT2D eigenvalue weighted by Gasteiger charge is -2.14. The van der Waals surface area contributed by atoms with Crippen molar-refractivity contribution in [2.75, 3.05) is 6.26 Å². The molecule has 0 fully saturated rings. The second-order valence-corrected chi connectivity index (χ2v) is 6.11. The molecule has 0 unspecified atom stereocenters. The van der Waals surface area contributed by atoms with E-state index in [1.54, 1.807) is 18.7 Å².